The third-order valence-electron chi connectivity index (χ3n) is 3.17. The molecule has 1 heterocycles. The summed E-state index contributed by atoms with van der Waals surface area (Å²) in [6.45, 7) is 6.06. The Hall–Kier alpha value is -1.64. The predicted octanol–water partition coefficient (Wildman–Crippen LogP) is 2.14. The second kappa shape index (κ2) is 3.74. The van der Waals surface area contributed by atoms with Crippen molar-refractivity contribution in [1.82, 2.24) is 5.32 Å². The quantitative estimate of drug-likeness (QED) is 0.771. The van der Waals surface area contributed by atoms with Crippen LogP contribution in [0.25, 0.3) is 0 Å². The monoisotopic (exact) mass is 217 g/mol. The Morgan fingerprint density at radius 3 is 2.50 bits per heavy atom. The maximum absolute atomic E-state index is 11.7. The molecule has 0 radical (unpaired) electrons. The fraction of sp³-hybridized carbons (Fsp3) is 0.385. The zero-order chi connectivity index (χ0) is 11.9. The molecule has 0 unspecified atom stereocenters. The van der Waals surface area contributed by atoms with E-state index in [-0.39, 0.29) is 11.8 Å². The topological polar surface area (TPSA) is 46.2 Å². The largest absolute Gasteiger partial charge is 0.288 e. The molecule has 1 aromatic rings. The number of hydrogen-bond acceptors (Lipinski definition) is 2. The van der Waals surface area contributed by atoms with Crippen LogP contribution in [0.15, 0.2) is 6.07 Å². The molecule has 0 saturated heterocycles. The average Bonchev–Trinajstić information content (AvgIpc) is 2.49. The number of benzene rings is 1. The van der Waals surface area contributed by atoms with E-state index in [2.05, 4.69) is 12.2 Å². The van der Waals surface area contributed by atoms with Crippen LogP contribution in [0.5, 0.6) is 0 Å². The molecule has 84 valence electrons. The van der Waals surface area contributed by atoms with Crippen molar-refractivity contribution < 1.29 is 9.59 Å². The smallest absolute Gasteiger partial charge is 0.259 e. The molecule has 0 fully saturated rings. The third kappa shape index (κ3) is 1.43. The van der Waals surface area contributed by atoms with Gasteiger partial charge in [-0.1, -0.05) is 13.3 Å². The second-order valence-corrected chi connectivity index (χ2v) is 4.25. The van der Waals surface area contributed by atoms with Gasteiger partial charge >= 0.3 is 0 Å². The van der Waals surface area contributed by atoms with Crippen LogP contribution < -0.4 is 5.32 Å². The Kier molecular flexibility index (Phi) is 2.54. The molecule has 2 amide bonds. The van der Waals surface area contributed by atoms with Crippen molar-refractivity contribution in [3.8, 4) is 0 Å². The van der Waals surface area contributed by atoms with Gasteiger partial charge in [0.05, 0.1) is 11.1 Å². The van der Waals surface area contributed by atoms with Gasteiger partial charge in [0.15, 0.2) is 0 Å². The number of fused-ring (bicyclic) bond motifs is 1. The minimum absolute atomic E-state index is 0.244. The van der Waals surface area contributed by atoms with Crippen LogP contribution in [0.1, 0.15) is 50.8 Å². The number of imide groups is 1. The average molecular weight is 217 g/mol. The van der Waals surface area contributed by atoms with Crippen LogP contribution in [-0.2, 0) is 6.42 Å². The molecular weight excluding hydrogens is 202 g/mol. The van der Waals surface area contributed by atoms with Gasteiger partial charge in [0, 0.05) is 0 Å². The lowest BCUT2D eigenvalue weighted by Gasteiger charge is -2.11. The van der Waals surface area contributed by atoms with E-state index in [1.807, 2.05) is 19.9 Å². The molecule has 1 aliphatic heterocycles. The molecule has 0 aliphatic carbocycles. The number of carbonyl (C=O) groups excluding carboxylic acids is 2. The highest BCUT2D eigenvalue weighted by Crippen LogP contribution is 2.27. The molecule has 0 aromatic heterocycles. The van der Waals surface area contributed by atoms with Crippen molar-refractivity contribution in [2.75, 3.05) is 0 Å². The highest BCUT2D eigenvalue weighted by Gasteiger charge is 2.30. The van der Waals surface area contributed by atoms with Crippen molar-refractivity contribution in [3.05, 3.63) is 33.9 Å². The Morgan fingerprint density at radius 2 is 1.88 bits per heavy atom. The summed E-state index contributed by atoms with van der Waals surface area (Å²) >= 11 is 0. The van der Waals surface area contributed by atoms with Gasteiger partial charge in [0.1, 0.15) is 0 Å². The summed E-state index contributed by atoms with van der Waals surface area (Å²) in [7, 11) is 0. The molecule has 0 spiro atoms. The van der Waals surface area contributed by atoms with E-state index < -0.39 is 0 Å². The molecule has 1 aromatic carbocycles. The lowest BCUT2D eigenvalue weighted by molar-refractivity contribution is 0.0879. The SMILES string of the molecule is CCCc1c(C)c(C)cc2c1C(=O)NC2=O. The number of amides is 2. The van der Waals surface area contributed by atoms with Gasteiger partial charge in [0.2, 0.25) is 0 Å². The van der Waals surface area contributed by atoms with Crippen LogP contribution >= 0.6 is 0 Å². The fourth-order valence-corrected chi connectivity index (χ4v) is 2.22. The summed E-state index contributed by atoms with van der Waals surface area (Å²) < 4.78 is 0. The van der Waals surface area contributed by atoms with Crippen LogP contribution in [0.2, 0.25) is 0 Å². The zero-order valence-electron chi connectivity index (χ0n) is 9.81. The van der Waals surface area contributed by atoms with Gasteiger partial charge in [-0.25, -0.2) is 0 Å². The Morgan fingerprint density at radius 1 is 1.19 bits per heavy atom. The number of carbonyl (C=O) groups is 2. The minimum atomic E-state index is -0.263. The van der Waals surface area contributed by atoms with Crippen LogP contribution in [0, 0.1) is 13.8 Å². The first-order valence-corrected chi connectivity index (χ1v) is 5.55. The molecule has 16 heavy (non-hydrogen) atoms. The molecule has 1 aliphatic rings. The highest BCUT2D eigenvalue weighted by atomic mass is 16.2. The number of aryl methyl sites for hydroxylation is 1. The zero-order valence-corrected chi connectivity index (χ0v) is 9.81. The summed E-state index contributed by atoms with van der Waals surface area (Å²) in [5.41, 5.74) is 4.37. The van der Waals surface area contributed by atoms with Crippen LogP contribution in [0.3, 0.4) is 0 Å². The van der Waals surface area contributed by atoms with Gasteiger partial charge in [-0.15, -0.1) is 0 Å². The normalized spacial score (nSPS) is 13.9. The molecule has 2 rings (SSSR count). The first-order valence-electron chi connectivity index (χ1n) is 5.55. The van der Waals surface area contributed by atoms with E-state index in [9.17, 15) is 9.59 Å². The first-order chi connectivity index (χ1) is 7.56. The molecule has 0 atom stereocenters. The Bertz CT molecular complexity index is 489. The lowest BCUT2D eigenvalue weighted by atomic mass is 9.91. The van der Waals surface area contributed by atoms with E-state index in [1.165, 1.54) is 0 Å². The molecular formula is C13H15NO2. The maximum Gasteiger partial charge on any atom is 0.259 e. The van der Waals surface area contributed by atoms with E-state index in [1.54, 1.807) is 0 Å². The van der Waals surface area contributed by atoms with Crippen molar-refractivity contribution >= 4 is 11.8 Å². The molecule has 0 bridgehead atoms. The fourth-order valence-electron chi connectivity index (χ4n) is 2.22. The maximum atomic E-state index is 11.7. The van der Waals surface area contributed by atoms with Crippen molar-refractivity contribution in [1.29, 1.82) is 0 Å². The summed E-state index contributed by atoms with van der Waals surface area (Å²) in [6.07, 6.45) is 1.81. The standard InChI is InChI=1S/C13H15NO2/c1-4-5-9-8(3)7(2)6-10-11(9)13(16)14-12(10)15/h6H,4-5H2,1-3H3,(H,14,15,16). The van der Waals surface area contributed by atoms with E-state index in [0.29, 0.717) is 11.1 Å². The number of nitrogens with one attached hydrogen (secondary N) is 1. The summed E-state index contributed by atoms with van der Waals surface area (Å²) in [5.74, 6) is -0.507. The van der Waals surface area contributed by atoms with Crippen LogP contribution in [-0.4, -0.2) is 11.8 Å². The second-order valence-electron chi connectivity index (χ2n) is 4.25. The van der Waals surface area contributed by atoms with Gasteiger partial charge < -0.3 is 0 Å². The Balaban J connectivity index is 2.72. The first kappa shape index (κ1) is 10.9. The molecule has 3 heteroatoms. The predicted molar refractivity (Wildman–Crippen MR) is 61.7 cm³/mol. The minimum Gasteiger partial charge on any atom is -0.288 e. The van der Waals surface area contributed by atoms with Crippen LogP contribution in [0.4, 0.5) is 0 Å². The number of hydrogen-bond donors (Lipinski definition) is 1. The molecule has 3 nitrogen and oxygen atoms in total. The summed E-state index contributed by atoms with van der Waals surface area (Å²) in [6, 6.07) is 1.81. The number of rotatable bonds is 2. The third-order valence-corrected chi connectivity index (χ3v) is 3.17. The van der Waals surface area contributed by atoms with Gasteiger partial charge in [-0.05, 0) is 43.0 Å². The van der Waals surface area contributed by atoms with Crippen molar-refractivity contribution in [2.45, 2.75) is 33.6 Å². The molecule has 1 N–H and O–H groups in total. The van der Waals surface area contributed by atoms with E-state index in [4.69, 9.17) is 0 Å². The molecule has 0 saturated carbocycles. The lowest BCUT2D eigenvalue weighted by Crippen LogP contribution is -2.20. The summed E-state index contributed by atoms with van der Waals surface area (Å²) in [4.78, 5) is 23.3. The van der Waals surface area contributed by atoms with E-state index >= 15 is 0 Å². The van der Waals surface area contributed by atoms with Gasteiger partial charge in [0.25, 0.3) is 11.8 Å². The van der Waals surface area contributed by atoms with Gasteiger partial charge in [-0.2, -0.15) is 0 Å². The van der Waals surface area contributed by atoms with Crippen molar-refractivity contribution in [3.63, 3.8) is 0 Å². The highest BCUT2D eigenvalue weighted by molar-refractivity contribution is 6.22. The van der Waals surface area contributed by atoms with Gasteiger partial charge in [-0.3, -0.25) is 14.9 Å². The van der Waals surface area contributed by atoms with Crippen molar-refractivity contribution in [2.24, 2.45) is 0 Å². The summed E-state index contributed by atoms with van der Waals surface area (Å²) in [5, 5.41) is 2.36. The Labute approximate surface area is 94.9 Å². The van der Waals surface area contributed by atoms with E-state index in [0.717, 1.165) is 29.5 Å².